The lowest BCUT2D eigenvalue weighted by molar-refractivity contribution is -0.180. The van der Waals surface area contributed by atoms with Gasteiger partial charge >= 0.3 is 0 Å². The molecule has 2 N–H and O–H groups in total. The van der Waals surface area contributed by atoms with E-state index < -0.39 is 11.7 Å². The van der Waals surface area contributed by atoms with Crippen LogP contribution in [0.3, 0.4) is 0 Å². The third kappa shape index (κ3) is 1.12. The number of hydrogen-bond donors (Lipinski definition) is 2. The van der Waals surface area contributed by atoms with Crippen molar-refractivity contribution in [1.82, 2.24) is 0 Å². The van der Waals surface area contributed by atoms with E-state index in [9.17, 15) is 10.2 Å². The molecule has 2 saturated heterocycles. The molecule has 4 atom stereocenters. The summed E-state index contributed by atoms with van der Waals surface area (Å²) in [6.45, 7) is 0.439. The van der Waals surface area contributed by atoms with Gasteiger partial charge < -0.3 is 24.4 Å². The van der Waals surface area contributed by atoms with Crippen molar-refractivity contribution in [2.24, 2.45) is 0 Å². The van der Waals surface area contributed by atoms with Crippen molar-refractivity contribution >= 4 is 0 Å². The van der Waals surface area contributed by atoms with Gasteiger partial charge in [0.05, 0.1) is 19.8 Å². The Morgan fingerprint density at radius 1 is 1.62 bits per heavy atom. The summed E-state index contributed by atoms with van der Waals surface area (Å²) in [4.78, 5) is 0. The van der Waals surface area contributed by atoms with Gasteiger partial charge in [-0.15, -0.1) is 0 Å². The van der Waals surface area contributed by atoms with Gasteiger partial charge in [0.15, 0.2) is 0 Å². The van der Waals surface area contributed by atoms with E-state index >= 15 is 0 Å². The lowest BCUT2D eigenvalue weighted by Crippen LogP contribution is -2.51. The molecule has 2 aliphatic rings. The van der Waals surface area contributed by atoms with E-state index in [2.05, 4.69) is 0 Å². The monoisotopic (exact) mass is 190 g/mol. The van der Waals surface area contributed by atoms with Crippen LogP contribution in [-0.2, 0) is 14.2 Å². The fourth-order valence-electron chi connectivity index (χ4n) is 2.02. The van der Waals surface area contributed by atoms with Gasteiger partial charge in [0.1, 0.15) is 23.9 Å². The number of methoxy groups -OCH3 is 1. The van der Waals surface area contributed by atoms with Crippen molar-refractivity contribution in [1.29, 1.82) is 0 Å². The molecule has 2 aliphatic heterocycles. The van der Waals surface area contributed by atoms with Crippen LogP contribution < -0.4 is 0 Å². The molecular weight excluding hydrogens is 176 g/mol. The first-order chi connectivity index (χ1) is 6.24. The van der Waals surface area contributed by atoms with Crippen LogP contribution in [0, 0.1) is 0 Å². The second-order valence-electron chi connectivity index (χ2n) is 3.49. The molecule has 5 heteroatoms. The van der Waals surface area contributed by atoms with Gasteiger partial charge in [0.25, 0.3) is 0 Å². The van der Waals surface area contributed by atoms with Crippen LogP contribution in [0.2, 0.25) is 0 Å². The van der Waals surface area contributed by atoms with Crippen molar-refractivity contribution in [3.8, 4) is 0 Å². The zero-order valence-corrected chi connectivity index (χ0v) is 7.47. The Balaban J connectivity index is 2.16. The predicted molar refractivity (Wildman–Crippen MR) is 42.3 cm³/mol. The Kier molecular flexibility index (Phi) is 2.29. The summed E-state index contributed by atoms with van der Waals surface area (Å²) < 4.78 is 15.7. The maximum atomic E-state index is 9.71. The molecule has 0 amide bonds. The van der Waals surface area contributed by atoms with Crippen molar-refractivity contribution < 1.29 is 24.4 Å². The summed E-state index contributed by atoms with van der Waals surface area (Å²) in [7, 11) is 1.55. The Morgan fingerprint density at radius 3 is 2.92 bits per heavy atom. The molecule has 2 rings (SSSR count). The predicted octanol–water partition coefficient (Wildman–Crippen LogP) is -1.48. The summed E-state index contributed by atoms with van der Waals surface area (Å²) in [5.41, 5.74) is -0.958. The first kappa shape index (κ1) is 9.36. The summed E-state index contributed by atoms with van der Waals surface area (Å²) in [6, 6.07) is 0. The molecule has 0 unspecified atom stereocenters. The van der Waals surface area contributed by atoms with E-state index in [0.29, 0.717) is 13.2 Å². The van der Waals surface area contributed by atoms with E-state index in [1.165, 1.54) is 0 Å². The van der Waals surface area contributed by atoms with E-state index in [4.69, 9.17) is 14.2 Å². The van der Waals surface area contributed by atoms with Crippen molar-refractivity contribution in [3.63, 3.8) is 0 Å². The fraction of sp³-hybridized carbons (Fsp3) is 1.00. The van der Waals surface area contributed by atoms with E-state index in [0.717, 1.165) is 0 Å². The van der Waals surface area contributed by atoms with Crippen LogP contribution in [-0.4, -0.2) is 61.1 Å². The lowest BCUT2D eigenvalue weighted by atomic mass is 9.94. The largest absolute Gasteiger partial charge is 0.393 e. The smallest absolute Gasteiger partial charge is 0.148 e. The number of aliphatic hydroxyl groups is 2. The fourth-order valence-corrected chi connectivity index (χ4v) is 2.02. The number of ether oxygens (including phenoxy) is 3. The normalized spacial score (nSPS) is 48.7. The molecule has 0 spiro atoms. The van der Waals surface area contributed by atoms with Gasteiger partial charge in [-0.1, -0.05) is 0 Å². The highest BCUT2D eigenvalue weighted by atomic mass is 16.7. The lowest BCUT2D eigenvalue weighted by Gasteiger charge is -2.32. The second-order valence-corrected chi connectivity index (χ2v) is 3.49. The molecule has 0 saturated carbocycles. The molecule has 2 fully saturated rings. The molecule has 0 aliphatic carbocycles. The summed E-state index contributed by atoms with van der Waals surface area (Å²) >= 11 is 0. The highest BCUT2D eigenvalue weighted by Gasteiger charge is 2.62. The van der Waals surface area contributed by atoms with Gasteiger partial charge in [0.2, 0.25) is 0 Å². The van der Waals surface area contributed by atoms with Crippen LogP contribution in [0.15, 0.2) is 0 Å². The zero-order chi connectivity index (χ0) is 9.47. The molecule has 76 valence electrons. The molecule has 2 heterocycles. The minimum atomic E-state index is -0.958. The van der Waals surface area contributed by atoms with Crippen molar-refractivity contribution in [2.45, 2.75) is 23.9 Å². The molecule has 0 aromatic heterocycles. The maximum absolute atomic E-state index is 9.71. The average Bonchev–Trinajstić information content (AvgIpc) is 2.59. The molecule has 2 bridgehead atoms. The third-order valence-electron chi connectivity index (χ3n) is 2.82. The molecular formula is C8H14O5. The van der Waals surface area contributed by atoms with Crippen LogP contribution in [0.4, 0.5) is 0 Å². The van der Waals surface area contributed by atoms with Gasteiger partial charge in [-0.3, -0.25) is 0 Å². The molecule has 0 aromatic rings. The van der Waals surface area contributed by atoms with Crippen molar-refractivity contribution in [3.05, 3.63) is 0 Å². The quantitative estimate of drug-likeness (QED) is 0.568. The Morgan fingerprint density at radius 2 is 2.38 bits per heavy atom. The highest BCUT2D eigenvalue weighted by Crippen LogP contribution is 2.40. The van der Waals surface area contributed by atoms with Gasteiger partial charge in [-0.05, 0) is 0 Å². The topological polar surface area (TPSA) is 68.2 Å². The number of hydrogen-bond acceptors (Lipinski definition) is 5. The first-order valence-corrected chi connectivity index (χ1v) is 4.32. The maximum Gasteiger partial charge on any atom is 0.148 e. The minimum Gasteiger partial charge on any atom is -0.393 e. The van der Waals surface area contributed by atoms with Gasteiger partial charge in [0, 0.05) is 7.11 Å². The van der Waals surface area contributed by atoms with Gasteiger partial charge in [-0.2, -0.15) is 0 Å². The van der Waals surface area contributed by atoms with Gasteiger partial charge in [-0.25, -0.2) is 0 Å². The zero-order valence-electron chi connectivity index (χ0n) is 7.47. The summed E-state index contributed by atoms with van der Waals surface area (Å²) in [6.07, 6.45) is -1.42. The SMILES string of the molecule is COC[C@H]1O[C@H]2CO[C@]1(CO)[C@H]2O. The number of aliphatic hydroxyl groups excluding tert-OH is 2. The second kappa shape index (κ2) is 3.18. The summed E-state index contributed by atoms with van der Waals surface area (Å²) in [5.74, 6) is 0. The summed E-state index contributed by atoms with van der Waals surface area (Å²) in [5, 5.41) is 18.9. The molecule has 13 heavy (non-hydrogen) atoms. The van der Waals surface area contributed by atoms with E-state index in [-0.39, 0.29) is 18.8 Å². The Labute approximate surface area is 76.2 Å². The Bertz CT molecular complexity index is 197. The number of rotatable bonds is 3. The minimum absolute atomic E-state index is 0.237. The molecule has 0 aromatic carbocycles. The molecule has 5 nitrogen and oxygen atoms in total. The standard InChI is InChI=1S/C8H14O5/c1-11-3-6-8(4-9)7(10)5(13-6)2-12-8/h5-7,9-10H,2-4H2,1H3/t5-,6+,7-,8-/m0/s1. The molecule has 0 radical (unpaired) electrons. The van der Waals surface area contributed by atoms with Crippen LogP contribution in [0.1, 0.15) is 0 Å². The first-order valence-electron chi connectivity index (χ1n) is 4.32. The van der Waals surface area contributed by atoms with Crippen molar-refractivity contribution in [2.75, 3.05) is 26.9 Å². The van der Waals surface area contributed by atoms with E-state index in [1.54, 1.807) is 7.11 Å². The third-order valence-corrected chi connectivity index (χ3v) is 2.82. The number of fused-ring (bicyclic) bond motifs is 2. The van der Waals surface area contributed by atoms with Crippen LogP contribution in [0.25, 0.3) is 0 Å². The van der Waals surface area contributed by atoms with Crippen LogP contribution in [0.5, 0.6) is 0 Å². The average molecular weight is 190 g/mol. The highest BCUT2D eigenvalue weighted by molar-refractivity contribution is 5.09. The van der Waals surface area contributed by atoms with E-state index in [1.807, 2.05) is 0 Å². The van der Waals surface area contributed by atoms with Crippen LogP contribution >= 0.6 is 0 Å². The Hall–Kier alpha value is -0.200.